The van der Waals surface area contributed by atoms with Crippen molar-refractivity contribution in [2.45, 2.75) is 38.5 Å². The van der Waals surface area contributed by atoms with E-state index in [-0.39, 0.29) is 12.5 Å². The van der Waals surface area contributed by atoms with Crippen LogP contribution >= 0.6 is 11.6 Å². The van der Waals surface area contributed by atoms with E-state index in [2.05, 4.69) is 5.32 Å². The van der Waals surface area contributed by atoms with Gasteiger partial charge >= 0.3 is 0 Å². The fourth-order valence-electron chi connectivity index (χ4n) is 1.11. The number of aliphatic hydroxyl groups is 1. The topological polar surface area (TPSA) is 49.3 Å². The maximum absolute atomic E-state index is 11.1. The number of alkyl halides is 1. The summed E-state index contributed by atoms with van der Waals surface area (Å²) in [5, 5.41) is 11.4. The molecule has 0 atom stereocenters. The second kappa shape index (κ2) is 10.8. The summed E-state index contributed by atoms with van der Waals surface area (Å²) >= 11 is 5.49. The van der Waals surface area contributed by atoms with Crippen LogP contribution in [0.3, 0.4) is 0 Å². The standard InChI is InChI=1S/C10H20ClNO2/c11-7-3-2-6-10(14)12-8-4-1-5-9-13/h13H,1-9H2,(H,12,14). The highest BCUT2D eigenvalue weighted by molar-refractivity contribution is 6.17. The first-order valence-electron chi connectivity index (χ1n) is 5.24. The molecule has 14 heavy (non-hydrogen) atoms. The Bertz CT molecular complexity index is 142. The third-order valence-corrected chi connectivity index (χ3v) is 2.21. The molecule has 0 saturated heterocycles. The minimum atomic E-state index is 0.110. The lowest BCUT2D eigenvalue weighted by Crippen LogP contribution is -2.24. The van der Waals surface area contributed by atoms with Crippen LogP contribution in [-0.2, 0) is 4.79 Å². The molecule has 0 aliphatic heterocycles. The number of nitrogens with one attached hydrogen (secondary N) is 1. The van der Waals surface area contributed by atoms with Gasteiger partial charge in [-0.3, -0.25) is 4.79 Å². The Morgan fingerprint density at radius 3 is 2.57 bits per heavy atom. The van der Waals surface area contributed by atoms with Crippen LogP contribution in [0.5, 0.6) is 0 Å². The van der Waals surface area contributed by atoms with Gasteiger partial charge < -0.3 is 10.4 Å². The van der Waals surface area contributed by atoms with E-state index in [1.165, 1.54) is 0 Å². The van der Waals surface area contributed by atoms with E-state index < -0.39 is 0 Å². The van der Waals surface area contributed by atoms with Crippen LogP contribution in [0.4, 0.5) is 0 Å². The van der Waals surface area contributed by atoms with Gasteiger partial charge in [0.1, 0.15) is 0 Å². The van der Waals surface area contributed by atoms with Crippen LogP contribution in [0.2, 0.25) is 0 Å². The van der Waals surface area contributed by atoms with Crippen molar-refractivity contribution in [3.8, 4) is 0 Å². The number of rotatable bonds is 9. The van der Waals surface area contributed by atoms with E-state index in [1.54, 1.807) is 0 Å². The Balaban J connectivity index is 3.10. The summed E-state index contributed by atoms with van der Waals surface area (Å²) in [6, 6.07) is 0. The number of unbranched alkanes of at least 4 members (excludes halogenated alkanes) is 3. The molecule has 0 aliphatic carbocycles. The van der Waals surface area contributed by atoms with Crippen LogP contribution < -0.4 is 5.32 Å². The van der Waals surface area contributed by atoms with Crippen molar-refractivity contribution in [2.24, 2.45) is 0 Å². The molecular weight excluding hydrogens is 202 g/mol. The van der Waals surface area contributed by atoms with E-state index in [1.807, 2.05) is 0 Å². The van der Waals surface area contributed by atoms with Crippen molar-refractivity contribution >= 4 is 17.5 Å². The third kappa shape index (κ3) is 9.81. The van der Waals surface area contributed by atoms with Gasteiger partial charge in [0, 0.05) is 25.5 Å². The number of hydrogen-bond acceptors (Lipinski definition) is 2. The number of hydrogen-bond donors (Lipinski definition) is 2. The normalized spacial score (nSPS) is 10.1. The lowest BCUT2D eigenvalue weighted by atomic mass is 10.2. The molecule has 0 aromatic rings. The van der Waals surface area contributed by atoms with Gasteiger partial charge in [0.15, 0.2) is 0 Å². The van der Waals surface area contributed by atoms with Crippen LogP contribution in [0, 0.1) is 0 Å². The molecule has 4 heteroatoms. The van der Waals surface area contributed by atoms with Crippen molar-refractivity contribution in [1.82, 2.24) is 5.32 Å². The average Bonchev–Trinajstić information content (AvgIpc) is 2.18. The Kier molecular flexibility index (Phi) is 10.6. The van der Waals surface area contributed by atoms with Gasteiger partial charge in [-0.25, -0.2) is 0 Å². The first-order chi connectivity index (χ1) is 6.81. The van der Waals surface area contributed by atoms with Crippen molar-refractivity contribution in [1.29, 1.82) is 0 Å². The minimum absolute atomic E-state index is 0.110. The van der Waals surface area contributed by atoms with E-state index in [4.69, 9.17) is 16.7 Å². The fourth-order valence-corrected chi connectivity index (χ4v) is 1.30. The summed E-state index contributed by atoms with van der Waals surface area (Å²) in [7, 11) is 0. The van der Waals surface area contributed by atoms with Crippen molar-refractivity contribution < 1.29 is 9.90 Å². The zero-order chi connectivity index (χ0) is 10.6. The first kappa shape index (κ1) is 13.7. The zero-order valence-corrected chi connectivity index (χ0v) is 9.35. The highest BCUT2D eigenvalue weighted by atomic mass is 35.5. The van der Waals surface area contributed by atoms with Crippen LogP contribution in [0.1, 0.15) is 38.5 Å². The molecule has 0 spiro atoms. The van der Waals surface area contributed by atoms with Gasteiger partial charge in [0.05, 0.1) is 0 Å². The molecule has 0 unspecified atom stereocenters. The molecule has 2 N–H and O–H groups in total. The van der Waals surface area contributed by atoms with Gasteiger partial charge in [0.2, 0.25) is 5.91 Å². The summed E-state index contributed by atoms with van der Waals surface area (Å²) in [4.78, 5) is 11.1. The number of carbonyl (C=O) groups is 1. The smallest absolute Gasteiger partial charge is 0.219 e. The first-order valence-corrected chi connectivity index (χ1v) is 5.78. The summed E-state index contributed by atoms with van der Waals surface area (Å²) < 4.78 is 0. The van der Waals surface area contributed by atoms with Gasteiger partial charge in [0.25, 0.3) is 0 Å². The monoisotopic (exact) mass is 221 g/mol. The summed E-state index contributed by atoms with van der Waals surface area (Å²) in [6.07, 6.45) is 5.08. The maximum atomic E-state index is 11.1. The SMILES string of the molecule is O=C(CCCCCl)NCCCCCO. The molecule has 84 valence electrons. The fraction of sp³-hybridized carbons (Fsp3) is 0.900. The van der Waals surface area contributed by atoms with E-state index in [0.717, 1.165) is 38.6 Å². The van der Waals surface area contributed by atoms with Gasteiger partial charge in [-0.1, -0.05) is 0 Å². The second-order valence-electron chi connectivity index (χ2n) is 3.28. The summed E-state index contributed by atoms with van der Waals surface area (Å²) in [5.41, 5.74) is 0. The average molecular weight is 222 g/mol. The predicted molar refractivity (Wildman–Crippen MR) is 58.5 cm³/mol. The van der Waals surface area contributed by atoms with Gasteiger partial charge in [-0.05, 0) is 32.1 Å². The van der Waals surface area contributed by atoms with Crippen LogP contribution in [-0.4, -0.2) is 30.0 Å². The zero-order valence-electron chi connectivity index (χ0n) is 8.60. The Labute approximate surface area is 90.8 Å². The minimum Gasteiger partial charge on any atom is -0.396 e. The molecule has 0 fully saturated rings. The second-order valence-corrected chi connectivity index (χ2v) is 3.66. The molecule has 0 rings (SSSR count). The number of amides is 1. The van der Waals surface area contributed by atoms with E-state index in [0.29, 0.717) is 12.3 Å². The lowest BCUT2D eigenvalue weighted by Gasteiger charge is -2.03. The van der Waals surface area contributed by atoms with Crippen molar-refractivity contribution in [3.63, 3.8) is 0 Å². The maximum Gasteiger partial charge on any atom is 0.219 e. The molecule has 0 heterocycles. The Morgan fingerprint density at radius 2 is 1.93 bits per heavy atom. The van der Waals surface area contributed by atoms with Gasteiger partial charge in [-0.2, -0.15) is 0 Å². The molecule has 0 aliphatic rings. The third-order valence-electron chi connectivity index (χ3n) is 1.94. The quantitative estimate of drug-likeness (QED) is 0.460. The Morgan fingerprint density at radius 1 is 1.14 bits per heavy atom. The van der Waals surface area contributed by atoms with Crippen LogP contribution in [0.15, 0.2) is 0 Å². The van der Waals surface area contributed by atoms with Crippen molar-refractivity contribution in [3.05, 3.63) is 0 Å². The van der Waals surface area contributed by atoms with Gasteiger partial charge in [-0.15, -0.1) is 11.6 Å². The van der Waals surface area contributed by atoms with Crippen LogP contribution in [0.25, 0.3) is 0 Å². The summed E-state index contributed by atoms with van der Waals surface area (Å²) in [5.74, 6) is 0.739. The molecular formula is C10H20ClNO2. The molecule has 0 bridgehead atoms. The number of halogens is 1. The molecule has 0 aromatic carbocycles. The van der Waals surface area contributed by atoms with Crippen molar-refractivity contribution in [2.75, 3.05) is 19.0 Å². The van der Waals surface area contributed by atoms with E-state index >= 15 is 0 Å². The summed E-state index contributed by atoms with van der Waals surface area (Å²) in [6.45, 7) is 0.962. The molecule has 0 aromatic heterocycles. The Hall–Kier alpha value is -0.280. The lowest BCUT2D eigenvalue weighted by molar-refractivity contribution is -0.121. The largest absolute Gasteiger partial charge is 0.396 e. The molecule has 0 saturated carbocycles. The molecule has 0 radical (unpaired) electrons. The number of aliphatic hydroxyl groups excluding tert-OH is 1. The van der Waals surface area contributed by atoms with E-state index in [9.17, 15) is 4.79 Å². The highest BCUT2D eigenvalue weighted by Gasteiger charge is 1.99. The number of carbonyl (C=O) groups excluding carboxylic acids is 1. The predicted octanol–water partition coefficient (Wildman–Crippen LogP) is 1.67. The molecule has 3 nitrogen and oxygen atoms in total. The highest BCUT2D eigenvalue weighted by Crippen LogP contribution is 1.97. The molecule has 1 amide bonds.